The van der Waals surface area contributed by atoms with Gasteiger partial charge in [-0.25, -0.2) is 0 Å². The van der Waals surface area contributed by atoms with Gasteiger partial charge in [-0.3, -0.25) is 9.59 Å². The molecule has 5 nitrogen and oxygen atoms in total. The van der Waals surface area contributed by atoms with Crippen molar-refractivity contribution in [3.63, 3.8) is 0 Å². The van der Waals surface area contributed by atoms with Crippen LogP contribution in [0.3, 0.4) is 0 Å². The van der Waals surface area contributed by atoms with E-state index in [1.165, 1.54) is 0 Å². The number of rotatable bonds is 5. The van der Waals surface area contributed by atoms with Crippen LogP contribution in [0.2, 0.25) is 0 Å². The minimum absolute atomic E-state index is 0.000818. The maximum Gasteiger partial charge on any atom is 0.226 e. The van der Waals surface area contributed by atoms with Crippen molar-refractivity contribution < 1.29 is 9.59 Å². The maximum absolute atomic E-state index is 13.4. The second-order valence-electron chi connectivity index (χ2n) is 8.68. The number of amides is 2. The highest BCUT2D eigenvalue weighted by Gasteiger charge is 2.42. The standard InChI is InChI=1S/C25H29N3O2S/c26-18-25(19-7-2-1-3-8-19)12-14-28(15-13-25)24(30)22-11-5-4-10-21(22)23(29)27-17-20-9-6-16-31-20/h1-3,6-9,16,21-22H,4-5,10-15,17H2,(H,27,29). The van der Waals surface area contributed by atoms with Crippen LogP contribution >= 0.6 is 11.3 Å². The molecule has 2 aromatic rings. The summed E-state index contributed by atoms with van der Waals surface area (Å²) in [6.45, 7) is 1.67. The highest BCUT2D eigenvalue weighted by Crippen LogP contribution is 2.37. The monoisotopic (exact) mass is 435 g/mol. The Bertz CT molecular complexity index is 927. The zero-order valence-corrected chi connectivity index (χ0v) is 18.6. The zero-order chi connectivity index (χ0) is 21.7. The molecule has 162 valence electrons. The Morgan fingerprint density at radius 2 is 1.77 bits per heavy atom. The molecule has 1 saturated heterocycles. The summed E-state index contributed by atoms with van der Waals surface area (Å²) >= 11 is 1.63. The number of piperidine rings is 1. The van der Waals surface area contributed by atoms with Crippen molar-refractivity contribution in [2.24, 2.45) is 11.8 Å². The number of thiophene rings is 1. The van der Waals surface area contributed by atoms with Crippen LogP contribution in [0.15, 0.2) is 47.8 Å². The number of carbonyl (C=O) groups excluding carboxylic acids is 2. The van der Waals surface area contributed by atoms with Crippen LogP contribution in [-0.2, 0) is 21.5 Å². The molecule has 2 amide bonds. The predicted octanol–water partition coefficient (Wildman–Crippen LogP) is 4.25. The first kappa shape index (κ1) is 21.6. The number of nitrogens with zero attached hydrogens (tertiary/aromatic N) is 2. The molecule has 1 aromatic carbocycles. The van der Waals surface area contributed by atoms with Crippen molar-refractivity contribution in [2.45, 2.75) is 50.5 Å². The lowest BCUT2D eigenvalue weighted by Gasteiger charge is -2.40. The molecule has 2 atom stereocenters. The predicted molar refractivity (Wildman–Crippen MR) is 121 cm³/mol. The van der Waals surface area contributed by atoms with E-state index in [-0.39, 0.29) is 23.7 Å². The largest absolute Gasteiger partial charge is 0.351 e. The first-order valence-electron chi connectivity index (χ1n) is 11.2. The van der Waals surface area contributed by atoms with E-state index in [4.69, 9.17) is 0 Å². The van der Waals surface area contributed by atoms with Gasteiger partial charge in [-0.1, -0.05) is 49.2 Å². The molecule has 0 bridgehead atoms. The molecule has 1 saturated carbocycles. The fourth-order valence-electron chi connectivity index (χ4n) is 5.02. The van der Waals surface area contributed by atoms with E-state index in [0.717, 1.165) is 36.1 Å². The van der Waals surface area contributed by atoms with Crippen molar-refractivity contribution in [1.82, 2.24) is 10.2 Å². The minimum Gasteiger partial charge on any atom is -0.351 e. The summed E-state index contributed by atoms with van der Waals surface area (Å²) in [6.07, 6.45) is 4.81. The summed E-state index contributed by atoms with van der Waals surface area (Å²) in [6, 6.07) is 16.4. The Morgan fingerprint density at radius 3 is 2.42 bits per heavy atom. The third kappa shape index (κ3) is 4.67. The summed E-state index contributed by atoms with van der Waals surface area (Å²) in [7, 11) is 0. The van der Waals surface area contributed by atoms with Crippen molar-refractivity contribution in [3.8, 4) is 6.07 Å². The highest BCUT2D eigenvalue weighted by atomic mass is 32.1. The van der Waals surface area contributed by atoms with Crippen LogP contribution in [0.4, 0.5) is 0 Å². The van der Waals surface area contributed by atoms with Gasteiger partial charge in [0.05, 0.1) is 18.0 Å². The quantitative estimate of drug-likeness (QED) is 0.763. The second-order valence-corrected chi connectivity index (χ2v) is 9.71. The average Bonchev–Trinajstić information content (AvgIpc) is 3.36. The Kier molecular flexibility index (Phi) is 6.72. The normalized spacial score (nSPS) is 23.0. The number of hydrogen-bond acceptors (Lipinski definition) is 4. The van der Waals surface area contributed by atoms with Crippen LogP contribution in [0, 0.1) is 23.2 Å². The molecule has 2 heterocycles. The van der Waals surface area contributed by atoms with Crippen LogP contribution in [0.5, 0.6) is 0 Å². The van der Waals surface area contributed by atoms with E-state index in [1.54, 1.807) is 11.3 Å². The Morgan fingerprint density at radius 1 is 1.06 bits per heavy atom. The first-order valence-corrected chi connectivity index (χ1v) is 12.1. The van der Waals surface area contributed by atoms with Crippen LogP contribution in [-0.4, -0.2) is 29.8 Å². The van der Waals surface area contributed by atoms with Crippen molar-refractivity contribution in [1.29, 1.82) is 5.26 Å². The summed E-state index contributed by atoms with van der Waals surface area (Å²) in [5.41, 5.74) is 0.510. The fourth-order valence-corrected chi connectivity index (χ4v) is 5.67. The van der Waals surface area contributed by atoms with Gasteiger partial charge in [-0.05, 0) is 42.7 Å². The van der Waals surface area contributed by atoms with Gasteiger partial charge in [0.25, 0.3) is 0 Å². The Hall–Kier alpha value is -2.65. The fraction of sp³-hybridized carbons (Fsp3) is 0.480. The lowest BCUT2D eigenvalue weighted by Crippen LogP contribution is -2.50. The third-order valence-corrected chi connectivity index (χ3v) is 7.78. The molecule has 2 fully saturated rings. The van der Waals surface area contributed by atoms with Gasteiger partial charge in [0.1, 0.15) is 0 Å². The smallest absolute Gasteiger partial charge is 0.226 e. The minimum atomic E-state index is -0.526. The maximum atomic E-state index is 13.4. The third-order valence-electron chi connectivity index (χ3n) is 6.91. The van der Waals surface area contributed by atoms with Gasteiger partial charge >= 0.3 is 0 Å². The molecule has 1 N–H and O–H groups in total. The van der Waals surface area contributed by atoms with Gasteiger partial charge in [-0.2, -0.15) is 5.26 Å². The van der Waals surface area contributed by atoms with Crippen LogP contribution < -0.4 is 5.32 Å². The lowest BCUT2D eigenvalue weighted by molar-refractivity contribution is -0.144. The summed E-state index contributed by atoms with van der Waals surface area (Å²) in [5.74, 6) is -0.406. The molecule has 31 heavy (non-hydrogen) atoms. The van der Waals surface area contributed by atoms with Crippen LogP contribution in [0.25, 0.3) is 0 Å². The van der Waals surface area contributed by atoms with E-state index in [1.807, 2.05) is 52.7 Å². The highest BCUT2D eigenvalue weighted by molar-refractivity contribution is 7.09. The summed E-state index contributed by atoms with van der Waals surface area (Å²) in [5, 5.41) is 15.0. The van der Waals surface area contributed by atoms with Gasteiger partial charge in [0.15, 0.2) is 0 Å². The molecular formula is C25H29N3O2S. The number of hydrogen-bond donors (Lipinski definition) is 1. The van der Waals surface area contributed by atoms with E-state index < -0.39 is 5.41 Å². The molecule has 6 heteroatoms. The molecule has 1 aromatic heterocycles. The molecule has 1 aliphatic carbocycles. The number of nitriles is 1. The van der Waals surface area contributed by atoms with Gasteiger partial charge < -0.3 is 10.2 Å². The second kappa shape index (κ2) is 9.65. The molecule has 1 aliphatic heterocycles. The molecule has 2 aliphatic rings. The van der Waals surface area contributed by atoms with Gasteiger partial charge in [-0.15, -0.1) is 11.3 Å². The number of carbonyl (C=O) groups is 2. The van der Waals surface area contributed by atoms with E-state index in [2.05, 4.69) is 11.4 Å². The molecule has 2 unspecified atom stereocenters. The zero-order valence-electron chi connectivity index (χ0n) is 17.8. The molecule has 4 rings (SSSR count). The van der Waals surface area contributed by atoms with E-state index in [0.29, 0.717) is 32.5 Å². The Labute approximate surface area is 188 Å². The average molecular weight is 436 g/mol. The lowest BCUT2D eigenvalue weighted by atomic mass is 9.73. The Balaban J connectivity index is 1.39. The molecule has 0 spiro atoms. The van der Waals surface area contributed by atoms with Crippen LogP contribution in [0.1, 0.15) is 49.0 Å². The van der Waals surface area contributed by atoms with E-state index in [9.17, 15) is 14.9 Å². The SMILES string of the molecule is N#CC1(c2ccccc2)CCN(C(=O)C2CCCCC2C(=O)NCc2cccs2)CC1. The number of nitrogens with one attached hydrogen (secondary N) is 1. The van der Waals surface area contributed by atoms with Crippen molar-refractivity contribution >= 4 is 23.2 Å². The topological polar surface area (TPSA) is 73.2 Å². The van der Waals surface area contributed by atoms with E-state index >= 15 is 0 Å². The van der Waals surface area contributed by atoms with Crippen molar-refractivity contribution in [3.05, 3.63) is 58.3 Å². The number of likely N-dealkylation sites (tertiary alicyclic amines) is 1. The van der Waals surface area contributed by atoms with Gasteiger partial charge in [0.2, 0.25) is 11.8 Å². The van der Waals surface area contributed by atoms with Gasteiger partial charge in [0, 0.05) is 29.8 Å². The number of benzene rings is 1. The summed E-state index contributed by atoms with van der Waals surface area (Å²) < 4.78 is 0. The first-order chi connectivity index (χ1) is 15.1. The molecular weight excluding hydrogens is 406 g/mol. The molecule has 0 radical (unpaired) electrons. The summed E-state index contributed by atoms with van der Waals surface area (Å²) in [4.78, 5) is 29.3. The van der Waals surface area contributed by atoms with Crippen molar-refractivity contribution in [2.75, 3.05) is 13.1 Å².